The van der Waals surface area contributed by atoms with Gasteiger partial charge in [0.25, 0.3) is 5.91 Å². The summed E-state index contributed by atoms with van der Waals surface area (Å²) in [5.74, 6) is -0.406. The van der Waals surface area contributed by atoms with Crippen LogP contribution in [0.25, 0.3) is 0 Å². The fourth-order valence-corrected chi connectivity index (χ4v) is 3.52. The third-order valence-corrected chi connectivity index (χ3v) is 4.73. The minimum absolute atomic E-state index is 0.248. The Morgan fingerprint density at radius 3 is 2.71 bits per heavy atom. The first-order valence-electron chi connectivity index (χ1n) is 6.91. The van der Waals surface area contributed by atoms with Gasteiger partial charge in [-0.15, -0.1) is 0 Å². The lowest BCUT2D eigenvalue weighted by Gasteiger charge is -2.32. The standard InChI is InChI=1S/C14H20N2O4S/c1-21(18,19)16-10-6-5-9-13(16)14(17)15-20-11-12-7-3-2-4-8-12/h2-4,7-8,13H,5-6,9-11H2,1H3,(H,15,17). The van der Waals surface area contributed by atoms with Gasteiger partial charge in [0, 0.05) is 6.54 Å². The molecule has 6 nitrogen and oxygen atoms in total. The van der Waals surface area contributed by atoms with Crippen LogP contribution >= 0.6 is 0 Å². The molecule has 1 aliphatic heterocycles. The van der Waals surface area contributed by atoms with Gasteiger partial charge in [-0.3, -0.25) is 9.63 Å². The monoisotopic (exact) mass is 312 g/mol. The van der Waals surface area contributed by atoms with E-state index in [-0.39, 0.29) is 6.61 Å². The van der Waals surface area contributed by atoms with Gasteiger partial charge in [0.15, 0.2) is 0 Å². The third-order valence-electron chi connectivity index (χ3n) is 3.44. The molecule has 1 heterocycles. The van der Waals surface area contributed by atoms with Crippen LogP contribution < -0.4 is 5.48 Å². The molecular weight excluding hydrogens is 292 g/mol. The largest absolute Gasteiger partial charge is 0.271 e. The summed E-state index contributed by atoms with van der Waals surface area (Å²) in [4.78, 5) is 17.3. The number of piperidine rings is 1. The highest BCUT2D eigenvalue weighted by molar-refractivity contribution is 7.88. The molecule has 0 bridgehead atoms. The molecule has 2 rings (SSSR count). The Morgan fingerprint density at radius 1 is 1.33 bits per heavy atom. The number of hydroxylamine groups is 1. The zero-order valence-electron chi connectivity index (χ0n) is 12.0. The van der Waals surface area contributed by atoms with Gasteiger partial charge in [-0.1, -0.05) is 36.8 Å². The average molecular weight is 312 g/mol. The Bertz CT molecular complexity index is 574. The lowest BCUT2D eigenvalue weighted by atomic mass is 10.0. The van der Waals surface area contributed by atoms with E-state index in [4.69, 9.17) is 4.84 Å². The van der Waals surface area contributed by atoms with Crippen molar-refractivity contribution in [3.05, 3.63) is 35.9 Å². The molecule has 1 fully saturated rings. The number of carbonyl (C=O) groups is 1. The van der Waals surface area contributed by atoms with E-state index in [2.05, 4.69) is 5.48 Å². The van der Waals surface area contributed by atoms with Crippen LogP contribution in [0.3, 0.4) is 0 Å². The van der Waals surface area contributed by atoms with E-state index in [1.54, 1.807) is 0 Å². The quantitative estimate of drug-likeness (QED) is 0.825. The number of sulfonamides is 1. The van der Waals surface area contributed by atoms with E-state index in [9.17, 15) is 13.2 Å². The minimum atomic E-state index is -3.38. The Hall–Kier alpha value is -1.44. The van der Waals surface area contributed by atoms with E-state index in [0.29, 0.717) is 13.0 Å². The Morgan fingerprint density at radius 2 is 2.05 bits per heavy atom. The predicted molar refractivity (Wildman–Crippen MR) is 78.6 cm³/mol. The van der Waals surface area contributed by atoms with E-state index in [0.717, 1.165) is 24.7 Å². The number of rotatable bonds is 5. The first-order chi connectivity index (χ1) is 9.98. The second-order valence-electron chi connectivity index (χ2n) is 5.13. The van der Waals surface area contributed by atoms with Crippen molar-refractivity contribution in [3.63, 3.8) is 0 Å². The van der Waals surface area contributed by atoms with Crippen LogP contribution in [-0.2, 0) is 26.3 Å². The second kappa shape index (κ2) is 7.02. The summed E-state index contributed by atoms with van der Waals surface area (Å²) in [5, 5.41) is 0. The average Bonchev–Trinajstić information content (AvgIpc) is 2.47. The summed E-state index contributed by atoms with van der Waals surface area (Å²) in [6.07, 6.45) is 3.27. The number of hydrogen-bond donors (Lipinski definition) is 1. The molecule has 0 spiro atoms. The number of amides is 1. The number of hydrogen-bond acceptors (Lipinski definition) is 4. The van der Waals surface area contributed by atoms with E-state index >= 15 is 0 Å². The first kappa shape index (κ1) is 15.9. The minimum Gasteiger partial charge on any atom is -0.271 e. The summed E-state index contributed by atoms with van der Waals surface area (Å²) in [7, 11) is -3.38. The molecule has 1 aliphatic rings. The molecule has 1 unspecified atom stereocenters. The van der Waals surface area contributed by atoms with Crippen molar-refractivity contribution in [1.82, 2.24) is 9.79 Å². The first-order valence-corrected chi connectivity index (χ1v) is 8.75. The van der Waals surface area contributed by atoms with Crippen LogP contribution in [0.1, 0.15) is 24.8 Å². The number of carbonyl (C=O) groups excluding carboxylic acids is 1. The van der Waals surface area contributed by atoms with Crippen molar-refractivity contribution in [2.24, 2.45) is 0 Å². The van der Waals surface area contributed by atoms with E-state index in [1.807, 2.05) is 30.3 Å². The van der Waals surface area contributed by atoms with E-state index < -0.39 is 22.0 Å². The maximum Gasteiger partial charge on any atom is 0.261 e. The fourth-order valence-electron chi connectivity index (χ4n) is 2.40. The molecule has 1 aromatic rings. The summed E-state index contributed by atoms with van der Waals surface area (Å²) in [5.41, 5.74) is 3.29. The number of nitrogens with zero attached hydrogens (tertiary/aromatic N) is 1. The molecule has 0 saturated carbocycles. The van der Waals surface area contributed by atoms with Crippen molar-refractivity contribution in [2.45, 2.75) is 31.9 Å². The SMILES string of the molecule is CS(=O)(=O)N1CCCCC1C(=O)NOCc1ccccc1. The smallest absolute Gasteiger partial charge is 0.261 e. The highest BCUT2D eigenvalue weighted by atomic mass is 32.2. The molecule has 116 valence electrons. The second-order valence-corrected chi connectivity index (χ2v) is 7.06. The van der Waals surface area contributed by atoms with Crippen LogP contribution in [0.2, 0.25) is 0 Å². The molecule has 1 atom stereocenters. The van der Waals surface area contributed by atoms with Gasteiger partial charge in [-0.2, -0.15) is 4.31 Å². The van der Waals surface area contributed by atoms with E-state index in [1.165, 1.54) is 4.31 Å². The zero-order chi connectivity index (χ0) is 15.3. The summed E-state index contributed by atoms with van der Waals surface area (Å²) >= 11 is 0. The summed E-state index contributed by atoms with van der Waals surface area (Å²) < 4.78 is 24.7. The Labute approximate surface area is 125 Å². The summed E-state index contributed by atoms with van der Waals surface area (Å²) in [6.45, 7) is 0.633. The van der Waals surface area contributed by atoms with Crippen LogP contribution in [0.4, 0.5) is 0 Å². The predicted octanol–water partition coefficient (Wildman–Crippen LogP) is 1.05. The maximum absolute atomic E-state index is 12.1. The van der Waals surface area contributed by atoms with Crippen LogP contribution in [-0.4, -0.2) is 37.5 Å². The summed E-state index contributed by atoms with van der Waals surface area (Å²) in [6, 6.07) is 8.75. The van der Waals surface area contributed by atoms with Gasteiger partial charge >= 0.3 is 0 Å². The van der Waals surface area contributed by atoms with Crippen molar-refractivity contribution < 1.29 is 18.0 Å². The number of benzene rings is 1. The molecular formula is C14H20N2O4S. The van der Waals surface area contributed by atoms with Crippen LogP contribution in [0.15, 0.2) is 30.3 Å². The zero-order valence-corrected chi connectivity index (χ0v) is 12.8. The molecule has 0 aliphatic carbocycles. The van der Waals surface area contributed by atoms with Gasteiger partial charge in [-0.05, 0) is 18.4 Å². The highest BCUT2D eigenvalue weighted by Gasteiger charge is 2.34. The van der Waals surface area contributed by atoms with Crippen molar-refractivity contribution in [1.29, 1.82) is 0 Å². The normalized spacial score (nSPS) is 20.1. The van der Waals surface area contributed by atoms with Crippen molar-refractivity contribution in [2.75, 3.05) is 12.8 Å². The van der Waals surface area contributed by atoms with Crippen LogP contribution in [0, 0.1) is 0 Å². The molecule has 21 heavy (non-hydrogen) atoms. The Balaban J connectivity index is 1.89. The molecule has 0 radical (unpaired) electrons. The molecule has 0 aromatic heterocycles. The van der Waals surface area contributed by atoms with Gasteiger partial charge in [0.2, 0.25) is 10.0 Å². The molecule has 7 heteroatoms. The molecule has 1 N–H and O–H groups in total. The van der Waals surface area contributed by atoms with Crippen molar-refractivity contribution in [3.8, 4) is 0 Å². The molecule has 1 aromatic carbocycles. The molecule has 1 saturated heterocycles. The Kier molecular flexibility index (Phi) is 5.33. The third kappa shape index (κ3) is 4.52. The highest BCUT2D eigenvalue weighted by Crippen LogP contribution is 2.19. The van der Waals surface area contributed by atoms with Gasteiger partial charge < -0.3 is 0 Å². The van der Waals surface area contributed by atoms with Gasteiger partial charge in [-0.25, -0.2) is 13.9 Å². The lowest BCUT2D eigenvalue weighted by molar-refractivity contribution is -0.139. The van der Waals surface area contributed by atoms with Gasteiger partial charge in [0.05, 0.1) is 12.9 Å². The van der Waals surface area contributed by atoms with Gasteiger partial charge in [0.1, 0.15) is 6.04 Å². The van der Waals surface area contributed by atoms with Crippen molar-refractivity contribution >= 4 is 15.9 Å². The van der Waals surface area contributed by atoms with Crippen LogP contribution in [0.5, 0.6) is 0 Å². The lowest BCUT2D eigenvalue weighted by Crippen LogP contribution is -2.51. The number of nitrogens with one attached hydrogen (secondary N) is 1. The topological polar surface area (TPSA) is 75.7 Å². The fraction of sp³-hybridized carbons (Fsp3) is 0.500. The maximum atomic E-state index is 12.1. The molecule has 1 amide bonds.